The SMILES string of the molecule is C(#CC1(c2nc(-c3cccnc3)nc3ccccc23)CCCCC1)C1CCCNC1. The number of para-hydroxylation sites is 1. The van der Waals surface area contributed by atoms with Gasteiger partial charge in [0.25, 0.3) is 0 Å². The molecule has 1 aliphatic heterocycles. The zero-order valence-electron chi connectivity index (χ0n) is 17.4. The van der Waals surface area contributed by atoms with E-state index in [2.05, 4.69) is 46.4 Å². The maximum absolute atomic E-state index is 5.16. The third-order valence-corrected chi connectivity index (χ3v) is 6.50. The third kappa shape index (κ3) is 3.82. The van der Waals surface area contributed by atoms with Crippen molar-refractivity contribution in [3.8, 4) is 23.2 Å². The molecule has 2 aromatic heterocycles. The van der Waals surface area contributed by atoms with Gasteiger partial charge in [0.1, 0.15) is 0 Å². The van der Waals surface area contributed by atoms with Crippen molar-refractivity contribution >= 4 is 10.9 Å². The summed E-state index contributed by atoms with van der Waals surface area (Å²) in [6.07, 6.45) is 11.9. The Bertz CT molecular complexity index is 1070. The molecule has 4 nitrogen and oxygen atoms in total. The number of benzene rings is 1. The molecule has 1 saturated carbocycles. The van der Waals surface area contributed by atoms with E-state index in [1.807, 2.05) is 18.3 Å². The molecule has 0 amide bonds. The van der Waals surface area contributed by atoms with Gasteiger partial charge in [-0.15, -0.1) is 0 Å². The molecule has 0 spiro atoms. The summed E-state index contributed by atoms with van der Waals surface area (Å²) in [5.41, 5.74) is 2.88. The van der Waals surface area contributed by atoms with E-state index in [0.717, 1.165) is 53.9 Å². The van der Waals surface area contributed by atoms with Crippen LogP contribution < -0.4 is 5.32 Å². The quantitative estimate of drug-likeness (QED) is 0.626. The lowest BCUT2D eigenvalue weighted by Crippen LogP contribution is -2.31. The van der Waals surface area contributed by atoms with Crippen molar-refractivity contribution in [2.24, 2.45) is 5.92 Å². The maximum atomic E-state index is 5.16. The van der Waals surface area contributed by atoms with Gasteiger partial charge in [-0.25, -0.2) is 9.97 Å². The largest absolute Gasteiger partial charge is 0.316 e. The van der Waals surface area contributed by atoms with Crippen molar-refractivity contribution in [2.45, 2.75) is 50.4 Å². The van der Waals surface area contributed by atoms with Crippen LogP contribution in [0.15, 0.2) is 48.8 Å². The van der Waals surface area contributed by atoms with E-state index in [-0.39, 0.29) is 5.41 Å². The number of nitrogens with one attached hydrogen (secondary N) is 1. The minimum absolute atomic E-state index is 0.185. The van der Waals surface area contributed by atoms with Gasteiger partial charge in [-0.05, 0) is 50.4 Å². The molecule has 1 aromatic carbocycles. The Balaban J connectivity index is 1.66. The lowest BCUT2D eigenvalue weighted by Gasteiger charge is -2.33. The Morgan fingerprint density at radius 3 is 2.67 bits per heavy atom. The highest BCUT2D eigenvalue weighted by atomic mass is 14.9. The summed E-state index contributed by atoms with van der Waals surface area (Å²) in [6.45, 7) is 2.13. The van der Waals surface area contributed by atoms with Crippen LogP contribution in [0, 0.1) is 17.8 Å². The number of hydrogen-bond donors (Lipinski definition) is 1. The van der Waals surface area contributed by atoms with Crippen LogP contribution in [0.25, 0.3) is 22.3 Å². The second-order valence-electron chi connectivity index (χ2n) is 8.61. The highest BCUT2D eigenvalue weighted by Crippen LogP contribution is 2.41. The van der Waals surface area contributed by atoms with E-state index in [1.165, 1.54) is 32.1 Å². The second kappa shape index (κ2) is 8.53. The summed E-state index contributed by atoms with van der Waals surface area (Å²) < 4.78 is 0. The Hall–Kier alpha value is -2.77. The predicted octanol–water partition coefficient (Wildman–Crippen LogP) is 4.90. The Morgan fingerprint density at radius 2 is 1.87 bits per heavy atom. The number of piperidine rings is 1. The van der Waals surface area contributed by atoms with E-state index in [1.54, 1.807) is 6.20 Å². The van der Waals surface area contributed by atoms with Gasteiger partial charge in [0.2, 0.25) is 0 Å². The Labute approximate surface area is 178 Å². The topological polar surface area (TPSA) is 50.7 Å². The Kier molecular flexibility index (Phi) is 5.46. The monoisotopic (exact) mass is 396 g/mol. The van der Waals surface area contributed by atoms with E-state index in [0.29, 0.717) is 5.92 Å². The standard InChI is InChI=1S/C26H28N4/c1-4-13-26(14-5-1,15-12-20-8-6-16-27-18-20)24-22-10-2-3-11-23(22)29-25(30-24)21-9-7-17-28-19-21/h2-3,7,9-11,17,19-20,27H,1,4-6,8,13-14,16,18H2. The zero-order valence-corrected chi connectivity index (χ0v) is 17.4. The molecule has 4 heteroatoms. The number of nitrogens with zero attached hydrogens (tertiary/aromatic N) is 3. The van der Waals surface area contributed by atoms with Crippen LogP contribution in [0.4, 0.5) is 0 Å². The highest BCUT2D eigenvalue weighted by molar-refractivity contribution is 5.84. The van der Waals surface area contributed by atoms with Gasteiger partial charge in [-0.1, -0.05) is 49.3 Å². The highest BCUT2D eigenvalue weighted by Gasteiger charge is 2.36. The van der Waals surface area contributed by atoms with Crippen LogP contribution in [-0.4, -0.2) is 28.0 Å². The summed E-state index contributed by atoms with van der Waals surface area (Å²) in [5.74, 6) is 8.67. The summed E-state index contributed by atoms with van der Waals surface area (Å²) in [4.78, 5) is 14.3. The number of hydrogen-bond acceptors (Lipinski definition) is 4. The number of aromatic nitrogens is 3. The van der Waals surface area contributed by atoms with Gasteiger partial charge in [-0.3, -0.25) is 4.98 Å². The molecule has 0 radical (unpaired) electrons. The lowest BCUT2D eigenvalue weighted by atomic mass is 9.71. The number of fused-ring (bicyclic) bond motifs is 1. The van der Waals surface area contributed by atoms with Gasteiger partial charge in [0.15, 0.2) is 5.82 Å². The molecular formula is C26H28N4. The van der Waals surface area contributed by atoms with Crippen LogP contribution >= 0.6 is 0 Å². The molecule has 3 aromatic rings. The lowest BCUT2D eigenvalue weighted by molar-refractivity contribution is 0.363. The smallest absolute Gasteiger partial charge is 0.161 e. The van der Waals surface area contributed by atoms with E-state index >= 15 is 0 Å². The van der Waals surface area contributed by atoms with Crippen LogP contribution in [0.2, 0.25) is 0 Å². The van der Waals surface area contributed by atoms with Gasteiger partial charge in [-0.2, -0.15) is 0 Å². The van der Waals surface area contributed by atoms with Gasteiger partial charge < -0.3 is 5.32 Å². The first-order valence-electron chi connectivity index (χ1n) is 11.3. The fourth-order valence-corrected chi connectivity index (χ4v) is 4.86. The maximum Gasteiger partial charge on any atom is 0.161 e. The van der Waals surface area contributed by atoms with E-state index in [4.69, 9.17) is 9.97 Å². The summed E-state index contributed by atoms with van der Waals surface area (Å²) in [7, 11) is 0. The van der Waals surface area contributed by atoms with Gasteiger partial charge in [0.05, 0.1) is 16.6 Å². The molecule has 30 heavy (non-hydrogen) atoms. The normalized spacial score (nSPS) is 21.0. The summed E-state index contributed by atoms with van der Waals surface area (Å²) in [5, 5.41) is 4.64. The van der Waals surface area contributed by atoms with E-state index in [9.17, 15) is 0 Å². The molecule has 1 atom stereocenters. The second-order valence-corrected chi connectivity index (χ2v) is 8.61. The molecule has 1 unspecified atom stereocenters. The fourth-order valence-electron chi connectivity index (χ4n) is 4.86. The van der Waals surface area contributed by atoms with Gasteiger partial charge in [0, 0.05) is 35.8 Å². The van der Waals surface area contributed by atoms with Crippen molar-refractivity contribution in [3.63, 3.8) is 0 Å². The van der Waals surface area contributed by atoms with Gasteiger partial charge >= 0.3 is 0 Å². The van der Waals surface area contributed by atoms with Crippen molar-refractivity contribution in [3.05, 3.63) is 54.5 Å². The molecule has 2 aliphatic rings. The molecule has 152 valence electrons. The van der Waals surface area contributed by atoms with E-state index < -0.39 is 0 Å². The van der Waals surface area contributed by atoms with Crippen LogP contribution in [-0.2, 0) is 5.41 Å². The van der Waals surface area contributed by atoms with Crippen molar-refractivity contribution in [1.29, 1.82) is 0 Å². The van der Waals surface area contributed by atoms with Crippen molar-refractivity contribution in [1.82, 2.24) is 20.3 Å². The fraction of sp³-hybridized carbons (Fsp3) is 0.423. The first-order chi connectivity index (χ1) is 14.8. The average Bonchev–Trinajstić information content (AvgIpc) is 2.84. The Morgan fingerprint density at radius 1 is 0.967 bits per heavy atom. The zero-order chi connectivity index (χ0) is 20.2. The van der Waals surface area contributed by atoms with Crippen LogP contribution in [0.5, 0.6) is 0 Å². The predicted molar refractivity (Wildman–Crippen MR) is 121 cm³/mol. The minimum atomic E-state index is -0.185. The van der Waals surface area contributed by atoms with Crippen LogP contribution in [0.1, 0.15) is 50.6 Å². The van der Waals surface area contributed by atoms with Crippen molar-refractivity contribution < 1.29 is 0 Å². The molecule has 1 saturated heterocycles. The first-order valence-corrected chi connectivity index (χ1v) is 11.3. The summed E-state index contributed by atoms with van der Waals surface area (Å²) in [6, 6.07) is 12.4. The number of rotatable bonds is 2. The molecular weight excluding hydrogens is 368 g/mol. The molecule has 0 bridgehead atoms. The number of pyridine rings is 1. The van der Waals surface area contributed by atoms with Crippen molar-refractivity contribution in [2.75, 3.05) is 13.1 Å². The average molecular weight is 397 g/mol. The molecule has 1 N–H and O–H groups in total. The summed E-state index contributed by atoms with van der Waals surface area (Å²) >= 11 is 0. The molecule has 2 fully saturated rings. The molecule has 3 heterocycles. The third-order valence-electron chi connectivity index (χ3n) is 6.50. The minimum Gasteiger partial charge on any atom is -0.316 e. The first kappa shape index (κ1) is 19.2. The molecule has 1 aliphatic carbocycles. The van der Waals surface area contributed by atoms with Crippen LogP contribution in [0.3, 0.4) is 0 Å². The molecule has 5 rings (SSSR count).